The van der Waals surface area contributed by atoms with Gasteiger partial charge in [-0.2, -0.15) is 26.3 Å². The van der Waals surface area contributed by atoms with Crippen LogP contribution in [0.15, 0.2) is 120 Å². The van der Waals surface area contributed by atoms with Crippen molar-refractivity contribution in [1.29, 1.82) is 0 Å². The summed E-state index contributed by atoms with van der Waals surface area (Å²) in [7, 11) is -4.85. The minimum absolute atomic E-state index is 0.0408. The molecule has 5 aliphatic rings. The Morgan fingerprint density at radius 1 is 0.573 bits per heavy atom. The van der Waals surface area contributed by atoms with Crippen molar-refractivity contribution in [3.63, 3.8) is 0 Å². The molecule has 4 bridgehead atoms. The molecule has 0 aliphatic carbocycles. The monoisotopic (exact) mass is 1100 g/mol. The maximum absolute atomic E-state index is 13.3. The molecular formula is C54H54Cl2F6N6O6S. The minimum Gasteiger partial charge on any atom is -0.457 e. The number of carbonyl (C=O) groups is 3. The first-order valence-electron chi connectivity index (χ1n) is 24.7. The molecule has 0 aromatic heterocycles. The van der Waals surface area contributed by atoms with Crippen LogP contribution in [-0.4, -0.2) is 85.3 Å². The van der Waals surface area contributed by atoms with Crippen LogP contribution in [0.4, 0.5) is 26.3 Å². The Kier molecular flexibility index (Phi) is 16.2. The third-order valence-corrected chi connectivity index (χ3v) is 16.6. The van der Waals surface area contributed by atoms with Crippen molar-refractivity contribution in [2.75, 3.05) is 13.1 Å². The quantitative estimate of drug-likeness (QED) is 0.0852. The van der Waals surface area contributed by atoms with E-state index >= 15 is 0 Å². The molecule has 4 fully saturated rings. The van der Waals surface area contributed by atoms with Crippen LogP contribution in [0.2, 0.25) is 10.0 Å². The van der Waals surface area contributed by atoms with E-state index in [2.05, 4.69) is 37.9 Å². The Morgan fingerprint density at radius 2 is 0.973 bits per heavy atom. The summed E-state index contributed by atoms with van der Waals surface area (Å²) in [6, 6.07) is 32.0. The van der Waals surface area contributed by atoms with E-state index in [-0.39, 0.29) is 60.7 Å². The molecule has 4 N–H and O–H groups in total. The molecule has 6 atom stereocenters. The Hall–Kier alpha value is -5.70. The molecule has 5 aromatic rings. The molecule has 0 spiro atoms. The summed E-state index contributed by atoms with van der Waals surface area (Å²) < 4.78 is 111. The number of sulfonamides is 1. The number of ether oxygens (including phenoxy) is 1. The van der Waals surface area contributed by atoms with Gasteiger partial charge in [-0.05, 0) is 117 Å². The molecule has 5 aliphatic heterocycles. The number of piperidine rings is 2. The number of hydrogen-bond donors (Lipinski definition) is 4. The fourth-order valence-electron chi connectivity index (χ4n) is 11.2. The lowest BCUT2D eigenvalue weighted by Crippen LogP contribution is -2.51. The maximum atomic E-state index is 13.3. The average Bonchev–Trinajstić information content (AvgIpc) is 3.73. The number of para-hydroxylation sites is 2. The van der Waals surface area contributed by atoms with Gasteiger partial charge in [0, 0.05) is 70.5 Å². The Balaban J connectivity index is 0.000000184. The number of nitrogens with one attached hydrogen (secondary N) is 4. The fraction of sp³-hybridized carbons (Fsp3) is 0.389. The molecule has 398 valence electrons. The molecule has 0 unspecified atom stereocenters. The van der Waals surface area contributed by atoms with Gasteiger partial charge in [0.05, 0.1) is 35.0 Å². The molecule has 12 nitrogen and oxygen atoms in total. The largest absolute Gasteiger partial charge is 0.457 e. The van der Waals surface area contributed by atoms with Gasteiger partial charge in [-0.1, -0.05) is 83.9 Å². The van der Waals surface area contributed by atoms with Gasteiger partial charge in [0.1, 0.15) is 11.5 Å². The standard InChI is InChI=1S/C30H30ClN3O3.C24H24ClF6N3O3S/c31-20-11-9-19(10-12-20)18-34-22-13-14-23(34)16-21(15-22)33-28(35)17-32-30(36)29-24-5-1-3-7-26(24)37-27-8-4-2-6-25(27)29;25-17-3-1-14(2-4-17)13-34-19-5-6-20(34)11-18(10-19)33-22(35)12-32-38(36,37)21-8-15(23(26,27)28)7-16(9-21)24(29,30)31/h1-12,21-23,29H,13-18H2,(H,32,36)(H,33,35);1-4,7-9,18-20,32H,5-6,10-13H2,(H,33,35)/t21-,22+,23-;18-,19+,20-. The summed E-state index contributed by atoms with van der Waals surface area (Å²) in [6.07, 6.45) is -3.09. The van der Waals surface area contributed by atoms with Crippen molar-refractivity contribution < 1.29 is 53.9 Å². The lowest BCUT2D eigenvalue weighted by molar-refractivity contribution is -0.143. The second kappa shape index (κ2) is 22.5. The molecule has 5 aromatic carbocycles. The van der Waals surface area contributed by atoms with Crippen LogP contribution in [0.25, 0.3) is 0 Å². The second-order valence-electron chi connectivity index (χ2n) is 19.7. The van der Waals surface area contributed by atoms with E-state index in [0.717, 1.165) is 73.3 Å². The predicted molar refractivity (Wildman–Crippen MR) is 269 cm³/mol. The number of carbonyl (C=O) groups excluding carboxylic acids is 3. The highest BCUT2D eigenvalue weighted by atomic mass is 35.5. The first-order valence-corrected chi connectivity index (χ1v) is 26.9. The van der Waals surface area contributed by atoms with E-state index in [4.69, 9.17) is 27.9 Å². The summed E-state index contributed by atoms with van der Waals surface area (Å²) in [5, 5.41) is 10.2. The SMILES string of the molecule is O=C(CNC(=O)C1c2ccccc2Oc2ccccc21)N[C@H]1C[C@H]2CC[C@@H](C1)N2Cc1ccc(Cl)cc1.O=C(CNS(=O)(=O)c1cc(C(F)(F)F)cc(C(F)(F)F)c1)N[C@H]1C[C@H]2CC[C@@H](C1)N2Cc1ccc(Cl)cc1. The molecule has 0 saturated carbocycles. The Labute approximate surface area is 440 Å². The molecule has 75 heavy (non-hydrogen) atoms. The van der Waals surface area contributed by atoms with E-state index in [1.807, 2.05) is 89.7 Å². The van der Waals surface area contributed by atoms with Gasteiger partial charge >= 0.3 is 12.4 Å². The second-order valence-corrected chi connectivity index (χ2v) is 22.4. The number of hydrogen-bond acceptors (Lipinski definition) is 8. The van der Waals surface area contributed by atoms with Crippen LogP contribution in [0.3, 0.4) is 0 Å². The van der Waals surface area contributed by atoms with Crippen LogP contribution in [0, 0.1) is 0 Å². The van der Waals surface area contributed by atoms with E-state index in [0.29, 0.717) is 41.4 Å². The zero-order chi connectivity index (χ0) is 53.2. The lowest BCUT2D eigenvalue weighted by atomic mass is 9.87. The number of halogens is 8. The Bertz CT molecular complexity index is 2900. The number of nitrogens with zero attached hydrogens (tertiary/aromatic N) is 2. The third-order valence-electron chi connectivity index (χ3n) is 14.7. The normalized spacial score (nSPS) is 22.5. The van der Waals surface area contributed by atoms with Crippen molar-refractivity contribution in [3.05, 3.63) is 159 Å². The zero-order valence-electron chi connectivity index (χ0n) is 40.3. The molecule has 4 saturated heterocycles. The van der Waals surface area contributed by atoms with E-state index in [9.17, 15) is 49.1 Å². The molecular weight excluding hydrogens is 1050 g/mol. The number of alkyl halides is 6. The van der Waals surface area contributed by atoms with Crippen molar-refractivity contribution >= 4 is 50.9 Å². The predicted octanol–water partition coefficient (Wildman–Crippen LogP) is 9.97. The lowest BCUT2D eigenvalue weighted by Gasteiger charge is -2.39. The summed E-state index contributed by atoms with van der Waals surface area (Å²) >= 11 is 12.0. The van der Waals surface area contributed by atoms with Gasteiger partial charge in [-0.25, -0.2) is 13.1 Å². The number of benzene rings is 5. The average molecular weight is 1100 g/mol. The van der Waals surface area contributed by atoms with Gasteiger partial charge in [-0.15, -0.1) is 0 Å². The van der Waals surface area contributed by atoms with E-state index < -0.39 is 56.8 Å². The maximum Gasteiger partial charge on any atom is 0.416 e. The van der Waals surface area contributed by atoms with Crippen molar-refractivity contribution in [2.45, 2.75) is 124 Å². The summed E-state index contributed by atoms with van der Waals surface area (Å²) in [5.41, 5.74) is 0.456. The minimum atomic E-state index is -5.20. The summed E-state index contributed by atoms with van der Waals surface area (Å²) in [4.78, 5) is 42.3. The number of amides is 3. The first-order chi connectivity index (χ1) is 35.7. The van der Waals surface area contributed by atoms with E-state index in [1.165, 1.54) is 5.56 Å². The zero-order valence-corrected chi connectivity index (χ0v) is 42.6. The van der Waals surface area contributed by atoms with Crippen LogP contribution in [-0.2, 0) is 49.8 Å². The summed E-state index contributed by atoms with van der Waals surface area (Å²) in [6.45, 7) is 0.766. The van der Waals surface area contributed by atoms with Crippen LogP contribution in [0.1, 0.15) is 90.7 Å². The fourth-order valence-corrected chi connectivity index (χ4v) is 12.6. The van der Waals surface area contributed by atoms with Gasteiger partial charge in [-0.3, -0.25) is 24.2 Å². The third kappa shape index (κ3) is 13.1. The highest BCUT2D eigenvalue weighted by molar-refractivity contribution is 7.89. The van der Waals surface area contributed by atoms with Crippen LogP contribution >= 0.6 is 23.2 Å². The van der Waals surface area contributed by atoms with Crippen LogP contribution < -0.4 is 25.4 Å². The first kappa shape index (κ1) is 54.1. The molecule has 10 rings (SSSR count). The van der Waals surface area contributed by atoms with Gasteiger partial charge in [0.25, 0.3) is 0 Å². The van der Waals surface area contributed by atoms with Crippen molar-refractivity contribution in [3.8, 4) is 11.5 Å². The van der Waals surface area contributed by atoms with Crippen LogP contribution in [0.5, 0.6) is 11.5 Å². The number of fused-ring (bicyclic) bond motifs is 6. The van der Waals surface area contributed by atoms with Gasteiger partial charge < -0.3 is 20.7 Å². The van der Waals surface area contributed by atoms with Gasteiger partial charge in [0.15, 0.2) is 0 Å². The van der Waals surface area contributed by atoms with Crippen molar-refractivity contribution in [2.24, 2.45) is 0 Å². The smallest absolute Gasteiger partial charge is 0.416 e. The highest BCUT2D eigenvalue weighted by Gasteiger charge is 2.43. The molecule has 21 heteroatoms. The number of rotatable bonds is 13. The molecule has 5 heterocycles. The topological polar surface area (TPSA) is 149 Å². The summed E-state index contributed by atoms with van der Waals surface area (Å²) in [5.74, 6) is -0.236. The molecule has 3 amide bonds. The highest BCUT2D eigenvalue weighted by Crippen LogP contribution is 2.44. The van der Waals surface area contributed by atoms with Crippen molar-refractivity contribution in [1.82, 2.24) is 30.5 Å². The van der Waals surface area contributed by atoms with E-state index in [1.54, 1.807) is 0 Å². The Morgan fingerprint density at radius 3 is 1.39 bits per heavy atom. The van der Waals surface area contributed by atoms with Gasteiger partial charge in [0.2, 0.25) is 27.7 Å². The molecule has 0 radical (unpaired) electrons.